The zero-order valence-electron chi connectivity index (χ0n) is 27.4. The number of rotatable bonds is 14. The molecular weight excluding hydrogens is 579 g/mol. The third-order valence-electron chi connectivity index (χ3n) is 10.1. The second-order valence-electron chi connectivity index (χ2n) is 13.4. The summed E-state index contributed by atoms with van der Waals surface area (Å²) in [4.78, 5) is 28.2. The molecule has 3 N–H and O–H groups in total. The Balaban J connectivity index is 1.44. The molecule has 2 aromatic rings. The number of aliphatic carboxylic acids is 1. The van der Waals surface area contributed by atoms with Crippen molar-refractivity contribution in [2.75, 3.05) is 25.1 Å². The van der Waals surface area contributed by atoms with Gasteiger partial charge in [0.1, 0.15) is 6.04 Å². The van der Waals surface area contributed by atoms with Gasteiger partial charge in [-0.1, -0.05) is 68.5 Å². The van der Waals surface area contributed by atoms with E-state index < -0.39 is 12.0 Å². The van der Waals surface area contributed by atoms with Crippen molar-refractivity contribution in [2.45, 2.75) is 109 Å². The van der Waals surface area contributed by atoms with Crippen molar-refractivity contribution in [2.24, 2.45) is 5.92 Å². The summed E-state index contributed by atoms with van der Waals surface area (Å²) in [6, 6.07) is 14.3. The number of aryl methyl sites for hydroxylation is 1. The number of allylic oxidation sites excluding steroid dienone is 1. The molecule has 45 heavy (non-hydrogen) atoms. The molecule has 0 aromatic heterocycles. The molecule has 2 atom stereocenters. The zero-order chi connectivity index (χ0) is 31.6. The highest BCUT2D eigenvalue weighted by atomic mass is 32.2. The average Bonchev–Trinajstić information content (AvgIpc) is 3.04. The SMILES string of the molecule is CSCC[C@H](NC(=C1CCC1)c1ccc(CN[C@@H](CC2CCCCC2)C(=O)N2CCCCC2)cc1-c1ccccc1C)C(=O)O. The number of benzene rings is 2. The quantitative estimate of drug-likeness (QED) is 0.198. The number of carboxylic acid groups (broad SMARTS) is 1. The van der Waals surface area contributed by atoms with Gasteiger partial charge in [0.2, 0.25) is 5.91 Å². The second kappa shape index (κ2) is 16.7. The van der Waals surface area contributed by atoms with Gasteiger partial charge >= 0.3 is 5.97 Å². The summed E-state index contributed by atoms with van der Waals surface area (Å²) in [7, 11) is 0. The summed E-state index contributed by atoms with van der Waals surface area (Å²) in [5.41, 5.74) is 7.99. The maximum atomic E-state index is 13.8. The van der Waals surface area contributed by atoms with Crippen molar-refractivity contribution in [3.05, 3.63) is 64.7 Å². The van der Waals surface area contributed by atoms with Gasteiger partial charge in [0, 0.05) is 30.9 Å². The maximum Gasteiger partial charge on any atom is 0.326 e. The number of hydrogen-bond acceptors (Lipinski definition) is 5. The van der Waals surface area contributed by atoms with E-state index in [1.165, 1.54) is 49.7 Å². The van der Waals surface area contributed by atoms with Crippen LogP contribution in [0.2, 0.25) is 0 Å². The Labute approximate surface area is 274 Å². The van der Waals surface area contributed by atoms with Crippen LogP contribution in [0.3, 0.4) is 0 Å². The molecule has 1 amide bonds. The van der Waals surface area contributed by atoms with E-state index in [9.17, 15) is 14.7 Å². The number of carbonyl (C=O) groups excluding carboxylic acids is 1. The van der Waals surface area contributed by atoms with E-state index in [4.69, 9.17) is 0 Å². The first-order valence-corrected chi connectivity index (χ1v) is 18.8. The Hall–Kier alpha value is -2.77. The molecule has 0 spiro atoms. The largest absolute Gasteiger partial charge is 0.480 e. The van der Waals surface area contributed by atoms with Crippen LogP contribution in [0.15, 0.2) is 48.0 Å². The fourth-order valence-corrected chi connectivity index (χ4v) is 7.73. The van der Waals surface area contributed by atoms with Crippen molar-refractivity contribution in [1.29, 1.82) is 0 Å². The van der Waals surface area contributed by atoms with E-state index in [1.54, 1.807) is 11.8 Å². The molecule has 2 aliphatic carbocycles. The smallest absolute Gasteiger partial charge is 0.326 e. The van der Waals surface area contributed by atoms with E-state index >= 15 is 0 Å². The number of carbonyl (C=O) groups is 2. The Morgan fingerprint density at radius 3 is 2.33 bits per heavy atom. The first-order chi connectivity index (χ1) is 21.9. The lowest BCUT2D eigenvalue weighted by atomic mass is 9.84. The number of nitrogens with one attached hydrogen (secondary N) is 2. The van der Waals surface area contributed by atoms with Crippen molar-refractivity contribution < 1.29 is 14.7 Å². The molecule has 0 radical (unpaired) electrons. The van der Waals surface area contributed by atoms with Gasteiger partial charge in [-0.3, -0.25) is 4.79 Å². The Morgan fingerprint density at radius 2 is 1.67 bits per heavy atom. The van der Waals surface area contributed by atoms with Crippen molar-refractivity contribution in [1.82, 2.24) is 15.5 Å². The minimum atomic E-state index is -0.804. The summed E-state index contributed by atoms with van der Waals surface area (Å²) < 4.78 is 0. The van der Waals surface area contributed by atoms with Crippen LogP contribution in [-0.2, 0) is 16.1 Å². The average molecular weight is 632 g/mol. The molecular formula is C38H53N3O3S. The lowest BCUT2D eigenvalue weighted by molar-refractivity contribution is -0.139. The monoisotopic (exact) mass is 631 g/mol. The van der Waals surface area contributed by atoms with E-state index in [2.05, 4.69) is 64.9 Å². The first kappa shape index (κ1) is 33.6. The summed E-state index contributed by atoms with van der Waals surface area (Å²) in [5.74, 6) is 0.884. The molecule has 2 aromatic carbocycles. The molecule has 6 nitrogen and oxygen atoms in total. The second-order valence-corrected chi connectivity index (χ2v) is 14.4. The van der Waals surface area contributed by atoms with Gasteiger partial charge in [-0.25, -0.2) is 4.79 Å². The number of amides is 1. The molecule has 0 unspecified atom stereocenters. The molecule has 1 heterocycles. The van der Waals surface area contributed by atoms with E-state index in [1.807, 2.05) is 6.26 Å². The highest BCUT2D eigenvalue weighted by Crippen LogP contribution is 2.38. The molecule has 0 bridgehead atoms. The minimum absolute atomic E-state index is 0.158. The van der Waals surface area contributed by atoms with Crippen LogP contribution in [0.1, 0.15) is 100 Å². The van der Waals surface area contributed by atoms with Crippen molar-refractivity contribution in [3.63, 3.8) is 0 Å². The van der Waals surface area contributed by atoms with Crippen LogP contribution in [0.5, 0.6) is 0 Å². The molecule has 244 valence electrons. The number of hydrogen-bond donors (Lipinski definition) is 3. The fourth-order valence-electron chi connectivity index (χ4n) is 7.26. The molecule has 1 aliphatic heterocycles. The van der Waals surface area contributed by atoms with Gasteiger partial charge in [0.15, 0.2) is 0 Å². The Morgan fingerprint density at radius 1 is 0.933 bits per heavy atom. The molecule has 1 saturated heterocycles. The van der Waals surface area contributed by atoms with Crippen molar-refractivity contribution in [3.8, 4) is 11.1 Å². The van der Waals surface area contributed by atoms with Crippen LogP contribution in [0.4, 0.5) is 0 Å². The van der Waals surface area contributed by atoms with Gasteiger partial charge in [0.05, 0.1) is 6.04 Å². The molecule has 2 saturated carbocycles. The van der Waals surface area contributed by atoms with Gasteiger partial charge < -0.3 is 20.6 Å². The molecule has 7 heteroatoms. The third kappa shape index (κ3) is 8.94. The van der Waals surface area contributed by atoms with Crippen LogP contribution < -0.4 is 10.6 Å². The summed E-state index contributed by atoms with van der Waals surface area (Å²) in [5, 5.41) is 17.3. The van der Waals surface area contributed by atoms with E-state index in [-0.39, 0.29) is 11.9 Å². The predicted octanol–water partition coefficient (Wildman–Crippen LogP) is 7.79. The van der Waals surface area contributed by atoms with Gasteiger partial charge in [0.25, 0.3) is 0 Å². The number of likely N-dealkylation sites (tertiary alicyclic amines) is 1. The molecule has 3 fully saturated rings. The van der Waals surface area contributed by atoms with E-state index in [0.29, 0.717) is 18.9 Å². The standard InChI is InChI=1S/C38H53N3O3S/c1-27-12-7-8-17-31(27)33-24-29(18-19-32(33)36(30-15-11-16-30)40-34(38(43)44)20-23-45-2)26-39-35(25-28-13-5-3-6-14-28)37(42)41-21-9-4-10-22-41/h7-8,12,17-19,24,28,34-35,39-40H,3-6,9-11,13-16,20-23,25-26H2,1-2H3,(H,43,44)/t34-,35-/m0/s1. The summed E-state index contributed by atoms with van der Waals surface area (Å²) in [6.07, 6.45) is 16.4. The molecule has 3 aliphatic rings. The van der Waals surface area contributed by atoms with Gasteiger partial charge in [-0.15, -0.1) is 0 Å². The summed E-state index contributed by atoms with van der Waals surface area (Å²) in [6.45, 7) is 4.53. The van der Waals surface area contributed by atoms with Crippen LogP contribution >= 0.6 is 11.8 Å². The highest BCUT2D eigenvalue weighted by Gasteiger charge is 2.29. The van der Waals surface area contributed by atoms with E-state index in [0.717, 1.165) is 85.3 Å². The fraction of sp³-hybridized carbons (Fsp3) is 0.579. The Bertz CT molecular complexity index is 1320. The lowest BCUT2D eigenvalue weighted by Crippen LogP contribution is -2.49. The first-order valence-electron chi connectivity index (χ1n) is 17.4. The lowest BCUT2D eigenvalue weighted by Gasteiger charge is -2.33. The maximum absolute atomic E-state index is 13.8. The van der Waals surface area contributed by atoms with Crippen LogP contribution in [-0.4, -0.2) is 59.1 Å². The zero-order valence-corrected chi connectivity index (χ0v) is 28.2. The van der Waals surface area contributed by atoms with Gasteiger partial charge in [-0.05, 0) is 110 Å². The third-order valence-corrected chi connectivity index (χ3v) is 10.8. The number of carboxylic acids is 1. The normalized spacial score (nSPS) is 18.6. The van der Waals surface area contributed by atoms with Crippen LogP contribution in [0.25, 0.3) is 16.8 Å². The van der Waals surface area contributed by atoms with Crippen molar-refractivity contribution >= 4 is 29.3 Å². The minimum Gasteiger partial charge on any atom is -0.480 e. The topological polar surface area (TPSA) is 81.7 Å². The number of thioether (sulfide) groups is 1. The van der Waals surface area contributed by atoms with Gasteiger partial charge in [-0.2, -0.15) is 11.8 Å². The number of nitrogens with zero attached hydrogens (tertiary/aromatic N) is 1. The molecule has 5 rings (SSSR count). The van der Waals surface area contributed by atoms with Crippen LogP contribution in [0, 0.1) is 12.8 Å². The predicted molar refractivity (Wildman–Crippen MR) is 187 cm³/mol. The summed E-state index contributed by atoms with van der Waals surface area (Å²) >= 11 is 1.68. The highest BCUT2D eigenvalue weighted by molar-refractivity contribution is 7.98. The Kier molecular flexibility index (Phi) is 12.5. The number of piperidine rings is 1.